The molecule has 1 aromatic carbocycles. The van der Waals surface area contributed by atoms with Gasteiger partial charge in [-0.15, -0.1) is 11.3 Å². The Balaban J connectivity index is 1.25. The van der Waals surface area contributed by atoms with E-state index in [9.17, 15) is 14.4 Å². The third-order valence-electron chi connectivity index (χ3n) is 12.5. The Kier molecular flexibility index (Phi) is 12.2. The summed E-state index contributed by atoms with van der Waals surface area (Å²) in [5.41, 5.74) is 9.99. The van der Waals surface area contributed by atoms with Gasteiger partial charge in [0.2, 0.25) is 0 Å². The summed E-state index contributed by atoms with van der Waals surface area (Å²) in [6, 6.07) is 7.70. The number of alkyl carbamates (subject to hydrolysis) is 1. The summed E-state index contributed by atoms with van der Waals surface area (Å²) in [4.78, 5) is 56.4. The Morgan fingerprint density at radius 3 is 2.69 bits per heavy atom. The maximum Gasteiger partial charge on any atom is 0.408 e. The van der Waals surface area contributed by atoms with Crippen molar-refractivity contribution in [3.63, 3.8) is 0 Å². The minimum atomic E-state index is -0.987. The van der Waals surface area contributed by atoms with Gasteiger partial charge in [-0.1, -0.05) is 19.9 Å². The van der Waals surface area contributed by atoms with E-state index in [1.807, 2.05) is 11.6 Å². The van der Waals surface area contributed by atoms with E-state index >= 15 is 0 Å². The number of hydrogen-bond donors (Lipinski definition) is 2. The van der Waals surface area contributed by atoms with Gasteiger partial charge < -0.3 is 29.0 Å². The van der Waals surface area contributed by atoms with Crippen LogP contribution in [0.2, 0.25) is 0 Å². The fourth-order valence-electron chi connectivity index (χ4n) is 9.45. The van der Waals surface area contributed by atoms with Gasteiger partial charge in [-0.2, -0.15) is 0 Å². The molecule has 61 heavy (non-hydrogen) atoms. The second-order valence-electron chi connectivity index (χ2n) is 18.9. The molecule has 0 saturated carbocycles. The number of thiazole rings is 1. The monoisotopic (exact) mass is 854 g/mol. The van der Waals surface area contributed by atoms with Crippen LogP contribution in [0.4, 0.5) is 10.5 Å². The van der Waals surface area contributed by atoms with Crippen molar-refractivity contribution in [3.05, 3.63) is 52.1 Å². The first kappa shape index (κ1) is 43.1. The number of pyridine rings is 1. The second kappa shape index (κ2) is 17.3. The van der Waals surface area contributed by atoms with Gasteiger partial charge in [0.15, 0.2) is 0 Å². The topological polar surface area (TPSA) is 143 Å². The number of rotatable bonds is 6. The minimum Gasteiger partial charge on any atom is -0.464 e. The van der Waals surface area contributed by atoms with Gasteiger partial charge in [0.25, 0.3) is 5.91 Å². The zero-order valence-corrected chi connectivity index (χ0v) is 37.8. The van der Waals surface area contributed by atoms with E-state index in [1.165, 1.54) is 35.7 Å². The number of cyclic esters (lactones) is 1. The van der Waals surface area contributed by atoms with Crippen molar-refractivity contribution in [3.8, 4) is 22.5 Å². The lowest BCUT2D eigenvalue weighted by Gasteiger charge is -2.39. The number of ether oxygens (including phenoxy) is 3. The number of nitrogens with zero attached hydrogens (tertiary/aromatic N) is 6. The molecule has 3 aromatic heterocycles. The van der Waals surface area contributed by atoms with E-state index in [0.717, 1.165) is 76.5 Å². The quantitative estimate of drug-likeness (QED) is 0.196. The minimum absolute atomic E-state index is 0.147. The Labute approximate surface area is 363 Å². The van der Waals surface area contributed by atoms with E-state index in [-0.39, 0.29) is 25.0 Å². The first-order chi connectivity index (χ1) is 29.1. The van der Waals surface area contributed by atoms with Crippen molar-refractivity contribution in [2.24, 2.45) is 5.41 Å². The van der Waals surface area contributed by atoms with Crippen LogP contribution in [0.25, 0.3) is 33.4 Å². The Morgan fingerprint density at radius 2 is 1.92 bits per heavy atom. The van der Waals surface area contributed by atoms with Crippen LogP contribution >= 0.6 is 11.3 Å². The number of hydrogen-bond acceptors (Lipinski definition) is 12. The van der Waals surface area contributed by atoms with Crippen molar-refractivity contribution in [1.82, 2.24) is 35.2 Å². The van der Waals surface area contributed by atoms with Gasteiger partial charge in [-0.05, 0) is 97.0 Å². The highest BCUT2D eigenvalue weighted by Crippen LogP contribution is 2.43. The van der Waals surface area contributed by atoms with Crippen LogP contribution in [-0.2, 0) is 43.2 Å². The van der Waals surface area contributed by atoms with Crippen molar-refractivity contribution < 1.29 is 28.6 Å². The molecule has 4 aliphatic rings. The number of carbonyl (C=O) groups is 3. The van der Waals surface area contributed by atoms with Gasteiger partial charge in [0, 0.05) is 85.1 Å². The number of carbonyl (C=O) groups excluding carboxylic acids is 3. The van der Waals surface area contributed by atoms with E-state index in [0.29, 0.717) is 36.9 Å². The summed E-state index contributed by atoms with van der Waals surface area (Å²) in [7, 11) is 1.73. The normalized spacial score (nSPS) is 23.0. The third-order valence-corrected chi connectivity index (χ3v) is 13.4. The summed E-state index contributed by atoms with van der Waals surface area (Å²) in [5, 5.41) is 8.04. The molecule has 2 amide bonds. The van der Waals surface area contributed by atoms with Crippen LogP contribution in [0.3, 0.4) is 0 Å². The molecular formula is C46H62N8O6S. The lowest BCUT2D eigenvalue weighted by Crippen LogP contribution is -2.60. The van der Waals surface area contributed by atoms with E-state index < -0.39 is 35.2 Å². The Morgan fingerprint density at radius 1 is 1.11 bits per heavy atom. The highest BCUT2D eigenvalue weighted by Gasteiger charge is 2.37. The molecule has 0 spiro atoms. The molecule has 14 nitrogen and oxygen atoms in total. The van der Waals surface area contributed by atoms with E-state index in [2.05, 4.69) is 77.1 Å². The largest absolute Gasteiger partial charge is 0.464 e. The molecule has 15 heteroatoms. The van der Waals surface area contributed by atoms with E-state index in [1.54, 1.807) is 27.9 Å². The number of anilines is 1. The van der Waals surface area contributed by atoms with Gasteiger partial charge in [0.05, 0.1) is 46.7 Å². The van der Waals surface area contributed by atoms with Crippen LogP contribution < -0.4 is 15.6 Å². The first-order valence-electron chi connectivity index (χ1n) is 22.0. The maximum atomic E-state index is 14.1. The number of amides is 2. The highest BCUT2D eigenvalue weighted by atomic mass is 32.1. The van der Waals surface area contributed by atoms with Crippen LogP contribution in [0.5, 0.6) is 0 Å². The summed E-state index contributed by atoms with van der Waals surface area (Å²) in [5.74, 6) is -0.788. The van der Waals surface area contributed by atoms with Gasteiger partial charge >= 0.3 is 12.1 Å². The molecule has 0 aliphatic carbocycles. The van der Waals surface area contributed by atoms with Crippen molar-refractivity contribution >= 4 is 45.9 Å². The van der Waals surface area contributed by atoms with Gasteiger partial charge in [-0.25, -0.2) is 15.2 Å². The Hall–Kier alpha value is -4.57. The molecular weight excluding hydrogens is 793 g/mol. The maximum absolute atomic E-state index is 14.1. The summed E-state index contributed by atoms with van der Waals surface area (Å²) in [6.07, 6.45) is 5.40. The number of fused-ring (bicyclic) bond motifs is 7. The third kappa shape index (κ3) is 9.16. The average Bonchev–Trinajstić information content (AvgIpc) is 3.98. The van der Waals surface area contributed by atoms with Crippen molar-refractivity contribution in [1.29, 1.82) is 0 Å². The highest BCUT2D eigenvalue weighted by molar-refractivity contribution is 7.10. The number of esters is 1. The van der Waals surface area contributed by atoms with E-state index in [4.69, 9.17) is 24.2 Å². The van der Waals surface area contributed by atoms with Gasteiger partial charge in [0.1, 0.15) is 17.7 Å². The number of hydrazine groups is 1. The fourth-order valence-corrected chi connectivity index (χ4v) is 10.3. The second-order valence-corrected chi connectivity index (χ2v) is 19.8. The number of nitrogens with one attached hydrogen (secondary N) is 2. The molecule has 0 radical (unpaired) electrons. The fraction of sp³-hybridized carbons (Fsp3) is 0.587. The van der Waals surface area contributed by atoms with Crippen LogP contribution in [-0.4, -0.2) is 113 Å². The summed E-state index contributed by atoms with van der Waals surface area (Å²) in [6.45, 7) is 19.3. The number of methoxy groups -OCH3 is 1. The number of benzene rings is 1. The van der Waals surface area contributed by atoms with Crippen LogP contribution in [0.15, 0.2) is 35.8 Å². The molecule has 8 rings (SSSR count). The standard InChI is InChI=1S/C46H62N8O6S/c1-9-53-38-15-14-29-20-32(38)34(41(53)33-21-31(24-47-40(33)28(2)58-8)52-19-18-51-16-10-12-30(51)25-52)23-46(6,7)27-59-43(56)35-13-11-17-54(50-35)42(55)36(22-39-48-37(29)26-61-39)49-44(57)60-45(3,4)5/h14-15,20-21,24,26,28,30,35-36,50H,9-13,16-19,22-23,25,27H2,1-8H3,(H,49,57)/t28-,30+,35-,36-/m0/s1. The van der Waals surface area contributed by atoms with Crippen LogP contribution in [0.1, 0.15) is 96.5 Å². The SMILES string of the molecule is CCn1c(-c2cc(N3CCN4CCC[C@@H]4C3)cnc2[C@H](C)OC)c2c3cc(ccc31)-c1csc(n1)C[C@H](NC(=O)OC(C)(C)C)C(=O)N1CCC[C@H](N1)C(=O)OCC(C)(C)C2. The zero-order valence-electron chi connectivity index (χ0n) is 37.0. The van der Waals surface area contributed by atoms with Crippen molar-refractivity contribution in [2.75, 3.05) is 51.3 Å². The molecule has 4 aliphatic heterocycles. The van der Waals surface area contributed by atoms with Gasteiger partial charge in [-0.3, -0.25) is 24.5 Å². The molecule has 4 atom stereocenters. The Bertz CT molecular complexity index is 2280. The molecule has 6 bridgehead atoms. The van der Waals surface area contributed by atoms with Crippen LogP contribution in [0, 0.1) is 5.41 Å². The van der Waals surface area contributed by atoms with Crippen molar-refractivity contribution in [2.45, 2.75) is 123 Å². The summed E-state index contributed by atoms with van der Waals surface area (Å²) < 4.78 is 20.1. The smallest absolute Gasteiger partial charge is 0.408 e. The molecule has 0 unspecified atom stereocenters. The number of aryl methyl sites for hydroxylation is 1. The predicted molar refractivity (Wildman–Crippen MR) is 237 cm³/mol. The molecule has 328 valence electrons. The molecule has 4 aromatic rings. The lowest BCUT2D eigenvalue weighted by molar-refractivity contribution is -0.155. The molecule has 2 N–H and O–H groups in total. The molecule has 3 fully saturated rings. The zero-order chi connectivity index (χ0) is 43.2. The molecule has 7 heterocycles. The number of aromatic nitrogens is 3. The first-order valence-corrected chi connectivity index (χ1v) is 22.8. The predicted octanol–water partition coefficient (Wildman–Crippen LogP) is 6.90. The lowest BCUT2D eigenvalue weighted by atomic mass is 9.84. The average molecular weight is 855 g/mol. The number of piperazine rings is 1. The molecule has 3 saturated heterocycles. The summed E-state index contributed by atoms with van der Waals surface area (Å²) >= 11 is 1.45.